The van der Waals surface area contributed by atoms with Gasteiger partial charge in [-0.05, 0) is 41.4 Å². The Morgan fingerprint density at radius 1 is 1.46 bits per heavy atom. The summed E-state index contributed by atoms with van der Waals surface area (Å²) in [7, 11) is 0. The fourth-order valence-corrected chi connectivity index (χ4v) is 1.99. The van der Waals surface area contributed by atoms with Crippen LogP contribution in [0, 0.1) is 6.92 Å². The van der Waals surface area contributed by atoms with Gasteiger partial charge in [0, 0.05) is 4.47 Å². The van der Waals surface area contributed by atoms with Gasteiger partial charge in [-0.25, -0.2) is 0 Å². The normalized spacial score (nSPS) is 19.9. The van der Waals surface area contributed by atoms with Gasteiger partial charge in [0.05, 0.1) is 5.56 Å². The molecule has 0 bridgehead atoms. The number of hydrogen-bond acceptors (Lipinski definition) is 2. The molecule has 3 heteroatoms. The lowest BCUT2D eigenvalue weighted by molar-refractivity contribution is 0.0878. The number of hydrogen-bond donors (Lipinski definition) is 0. The molecule has 2 nitrogen and oxygen atoms in total. The third-order valence-electron chi connectivity index (χ3n) is 2.21. The number of ether oxygens (including phenoxy) is 1. The molecule has 1 unspecified atom stereocenters. The smallest absolute Gasteiger partial charge is 0.207 e. The first-order valence-electron chi connectivity index (χ1n) is 4.11. The van der Waals surface area contributed by atoms with Crippen LogP contribution in [0.2, 0.25) is 0 Å². The van der Waals surface area contributed by atoms with Gasteiger partial charge in [0.15, 0.2) is 6.10 Å². The van der Waals surface area contributed by atoms with Crippen molar-refractivity contribution in [3.63, 3.8) is 0 Å². The Balaban J connectivity index is 2.68. The van der Waals surface area contributed by atoms with Crippen LogP contribution in [0.5, 0.6) is 5.75 Å². The van der Waals surface area contributed by atoms with Crippen molar-refractivity contribution in [3.05, 3.63) is 27.7 Å². The predicted octanol–water partition coefficient (Wildman–Crippen LogP) is 2.72. The third-order valence-corrected chi connectivity index (χ3v) is 2.87. The molecule has 0 N–H and O–H groups in total. The van der Waals surface area contributed by atoms with Crippen LogP contribution < -0.4 is 4.74 Å². The minimum Gasteiger partial charge on any atom is -0.481 e. The van der Waals surface area contributed by atoms with Crippen molar-refractivity contribution >= 4 is 21.7 Å². The molecule has 0 fully saturated rings. The van der Waals surface area contributed by atoms with Crippen LogP contribution >= 0.6 is 15.9 Å². The molecule has 1 atom stereocenters. The Bertz CT molecular complexity index is 385. The zero-order valence-corrected chi connectivity index (χ0v) is 9.01. The Morgan fingerprint density at radius 3 is 2.77 bits per heavy atom. The largest absolute Gasteiger partial charge is 0.481 e. The third kappa shape index (κ3) is 1.18. The van der Waals surface area contributed by atoms with Crippen LogP contribution in [-0.4, -0.2) is 11.9 Å². The minimum atomic E-state index is -0.340. The molecule has 68 valence electrons. The summed E-state index contributed by atoms with van der Waals surface area (Å²) in [5.41, 5.74) is 1.70. The zero-order valence-electron chi connectivity index (χ0n) is 7.43. The molecule has 13 heavy (non-hydrogen) atoms. The molecule has 1 aromatic carbocycles. The van der Waals surface area contributed by atoms with E-state index < -0.39 is 0 Å². The number of carbonyl (C=O) groups excluding carboxylic acids is 1. The lowest BCUT2D eigenvalue weighted by atomic mass is 10.1. The molecule has 0 aliphatic carbocycles. The number of rotatable bonds is 0. The molecule has 0 spiro atoms. The van der Waals surface area contributed by atoms with Crippen molar-refractivity contribution < 1.29 is 9.53 Å². The van der Waals surface area contributed by atoms with Gasteiger partial charge in [0.25, 0.3) is 0 Å². The zero-order chi connectivity index (χ0) is 9.59. The first-order chi connectivity index (χ1) is 6.11. The second-order valence-corrected chi connectivity index (χ2v) is 4.05. The van der Waals surface area contributed by atoms with Gasteiger partial charge < -0.3 is 4.74 Å². The summed E-state index contributed by atoms with van der Waals surface area (Å²) in [5, 5.41) is 0. The van der Waals surface area contributed by atoms with Crippen molar-refractivity contribution in [1.82, 2.24) is 0 Å². The standard InChI is InChI=1S/C10H9BrO2/c1-5-3-4-7(11)8-9(12)6(2)13-10(5)8/h3-4,6H,1-2H3. The van der Waals surface area contributed by atoms with Gasteiger partial charge in [0.2, 0.25) is 5.78 Å². The highest BCUT2D eigenvalue weighted by molar-refractivity contribution is 9.10. The highest BCUT2D eigenvalue weighted by atomic mass is 79.9. The van der Waals surface area contributed by atoms with Gasteiger partial charge in [-0.1, -0.05) is 6.07 Å². The van der Waals surface area contributed by atoms with Gasteiger partial charge in [-0.2, -0.15) is 0 Å². The van der Waals surface area contributed by atoms with E-state index in [-0.39, 0.29) is 11.9 Å². The van der Waals surface area contributed by atoms with Crippen molar-refractivity contribution in [1.29, 1.82) is 0 Å². The fraction of sp³-hybridized carbons (Fsp3) is 0.300. The van der Waals surface area contributed by atoms with Crippen LogP contribution in [0.1, 0.15) is 22.8 Å². The van der Waals surface area contributed by atoms with Crippen molar-refractivity contribution in [2.24, 2.45) is 0 Å². The van der Waals surface area contributed by atoms with Crippen molar-refractivity contribution in [3.8, 4) is 5.75 Å². The molecular weight excluding hydrogens is 232 g/mol. The van der Waals surface area contributed by atoms with Crippen LogP contribution in [-0.2, 0) is 0 Å². The van der Waals surface area contributed by atoms with Crippen LogP contribution in [0.15, 0.2) is 16.6 Å². The van der Waals surface area contributed by atoms with Gasteiger partial charge in [-0.3, -0.25) is 4.79 Å². The molecular formula is C10H9BrO2. The maximum Gasteiger partial charge on any atom is 0.207 e. The van der Waals surface area contributed by atoms with Crippen molar-refractivity contribution in [2.45, 2.75) is 20.0 Å². The Kier molecular flexibility index (Phi) is 1.91. The van der Waals surface area contributed by atoms with E-state index in [0.717, 1.165) is 15.8 Å². The lowest BCUT2D eigenvalue weighted by Crippen LogP contribution is -2.14. The second kappa shape index (κ2) is 2.84. The maximum absolute atomic E-state index is 11.6. The number of benzene rings is 1. The highest BCUT2D eigenvalue weighted by Gasteiger charge is 2.31. The predicted molar refractivity (Wildman–Crippen MR) is 53.3 cm³/mol. The summed E-state index contributed by atoms with van der Waals surface area (Å²) >= 11 is 3.35. The van der Waals surface area contributed by atoms with Crippen molar-refractivity contribution in [2.75, 3.05) is 0 Å². The topological polar surface area (TPSA) is 26.3 Å². The number of carbonyl (C=O) groups is 1. The highest BCUT2D eigenvalue weighted by Crippen LogP contribution is 2.36. The van der Waals surface area contributed by atoms with Crippen LogP contribution in [0.3, 0.4) is 0 Å². The maximum atomic E-state index is 11.6. The quantitative estimate of drug-likeness (QED) is 0.698. The van der Waals surface area contributed by atoms with Gasteiger partial charge in [0.1, 0.15) is 5.75 Å². The Hall–Kier alpha value is -0.830. The summed E-state index contributed by atoms with van der Waals surface area (Å²) in [6.45, 7) is 3.71. The molecule has 2 rings (SSSR count). The molecule has 0 saturated heterocycles. The average molecular weight is 241 g/mol. The molecule has 1 aliphatic heterocycles. The average Bonchev–Trinajstić information content (AvgIpc) is 2.38. The van der Waals surface area contributed by atoms with Crippen LogP contribution in [0.4, 0.5) is 0 Å². The number of halogens is 1. The monoisotopic (exact) mass is 240 g/mol. The SMILES string of the molecule is Cc1ccc(Br)c2c1OC(C)C2=O. The van der Waals surface area contributed by atoms with E-state index in [4.69, 9.17) is 4.74 Å². The summed E-state index contributed by atoms with van der Waals surface area (Å²) in [4.78, 5) is 11.6. The first kappa shape index (κ1) is 8.75. The van der Waals surface area contributed by atoms with E-state index in [2.05, 4.69) is 15.9 Å². The molecule has 0 saturated carbocycles. The fourth-order valence-electron chi connectivity index (χ4n) is 1.48. The summed E-state index contributed by atoms with van der Waals surface area (Å²) in [6, 6.07) is 3.82. The summed E-state index contributed by atoms with van der Waals surface area (Å²) in [6.07, 6.45) is -0.340. The van der Waals surface area contributed by atoms with E-state index in [0.29, 0.717) is 5.56 Å². The summed E-state index contributed by atoms with van der Waals surface area (Å²) < 4.78 is 6.27. The van der Waals surface area contributed by atoms with Crippen LogP contribution in [0.25, 0.3) is 0 Å². The van der Waals surface area contributed by atoms with E-state index in [1.54, 1.807) is 6.92 Å². The molecule has 0 radical (unpaired) electrons. The molecule has 1 heterocycles. The Morgan fingerprint density at radius 2 is 2.15 bits per heavy atom. The first-order valence-corrected chi connectivity index (χ1v) is 4.90. The van der Waals surface area contributed by atoms with E-state index in [1.807, 2.05) is 19.1 Å². The van der Waals surface area contributed by atoms with Gasteiger partial charge in [-0.15, -0.1) is 0 Å². The number of ketones is 1. The van der Waals surface area contributed by atoms with Gasteiger partial charge >= 0.3 is 0 Å². The number of Topliss-reactive ketones (excluding diaryl/α,β-unsaturated/α-hetero) is 1. The lowest BCUT2D eigenvalue weighted by Gasteiger charge is -2.04. The van der Waals surface area contributed by atoms with E-state index >= 15 is 0 Å². The summed E-state index contributed by atoms with van der Waals surface area (Å²) in [5.74, 6) is 0.789. The minimum absolute atomic E-state index is 0.0607. The molecule has 0 aromatic heterocycles. The number of aryl methyl sites for hydroxylation is 1. The molecule has 1 aliphatic rings. The molecule has 1 aromatic rings. The number of fused-ring (bicyclic) bond motifs is 1. The molecule has 0 amide bonds. The second-order valence-electron chi connectivity index (χ2n) is 3.19. The van der Waals surface area contributed by atoms with E-state index in [9.17, 15) is 4.79 Å². The Labute approximate surface area is 85.0 Å². The van der Waals surface area contributed by atoms with E-state index in [1.165, 1.54) is 0 Å².